The number of ether oxygens (including phenoxy) is 1. The topological polar surface area (TPSA) is 29.5 Å². The predicted octanol–water partition coefficient (Wildman–Crippen LogP) is 0.810. The Morgan fingerprint density at radius 2 is 2.42 bits per heavy atom. The maximum absolute atomic E-state index is 11.3. The highest BCUT2D eigenvalue weighted by Crippen LogP contribution is 2.04. The normalized spacial score (nSPS) is 24.8. The Balaban J connectivity index is 2.45. The number of amides is 1. The molecule has 0 aromatic carbocycles. The van der Waals surface area contributed by atoms with E-state index in [1.54, 1.807) is 12.2 Å². The molecule has 0 radical (unpaired) electrons. The monoisotopic (exact) mass is 169 g/mol. The van der Waals surface area contributed by atoms with E-state index in [0.717, 1.165) is 0 Å². The van der Waals surface area contributed by atoms with Crippen LogP contribution in [0.25, 0.3) is 0 Å². The molecule has 0 aromatic rings. The van der Waals surface area contributed by atoms with Gasteiger partial charge in [-0.15, -0.1) is 0 Å². The predicted molar refractivity (Wildman–Crippen MR) is 46.8 cm³/mol. The van der Waals surface area contributed by atoms with Gasteiger partial charge in [-0.3, -0.25) is 4.79 Å². The van der Waals surface area contributed by atoms with Crippen LogP contribution in [0.1, 0.15) is 13.8 Å². The van der Waals surface area contributed by atoms with Crippen molar-refractivity contribution in [2.75, 3.05) is 19.7 Å². The summed E-state index contributed by atoms with van der Waals surface area (Å²) in [4.78, 5) is 13.1. The highest BCUT2D eigenvalue weighted by atomic mass is 16.5. The standard InChI is InChI=1S/C9H15NO2/c1-3-4-9(11)10-5-6-12-8(2)7-10/h3-4,8H,5-7H2,1-2H3/b4-3+. The summed E-state index contributed by atoms with van der Waals surface area (Å²) in [6, 6.07) is 0. The van der Waals surface area contributed by atoms with Crippen LogP contribution < -0.4 is 0 Å². The molecule has 0 bridgehead atoms. The second-order valence-corrected chi connectivity index (χ2v) is 2.97. The van der Waals surface area contributed by atoms with Gasteiger partial charge in [0, 0.05) is 13.1 Å². The third-order valence-corrected chi connectivity index (χ3v) is 1.86. The maximum Gasteiger partial charge on any atom is 0.246 e. The van der Waals surface area contributed by atoms with Gasteiger partial charge in [0.25, 0.3) is 0 Å². The molecule has 1 atom stereocenters. The largest absolute Gasteiger partial charge is 0.375 e. The zero-order valence-electron chi connectivity index (χ0n) is 7.62. The van der Waals surface area contributed by atoms with Crippen molar-refractivity contribution in [3.8, 4) is 0 Å². The van der Waals surface area contributed by atoms with Gasteiger partial charge < -0.3 is 9.64 Å². The van der Waals surface area contributed by atoms with E-state index in [0.29, 0.717) is 19.7 Å². The van der Waals surface area contributed by atoms with E-state index >= 15 is 0 Å². The van der Waals surface area contributed by atoms with Gasteiger partial charge in [0.15, 0.2) is 0 Å². The number of nitrogens with zero attached hydrogens (tertiary/aromatic N) is 1. The zero-order chi connectivity index (χ0) is 8.97. The number of morpholine rings is 1. The molecule has 1 heterocycles. The van der Waals surface area contributed by atoms with Crippen LogP contribution in [0.4, 0.5) is 0 Å². The van der Waals surface area contributed by atoms with E-state index in [1.165, 1.54) is 0 Å². The Bertz CT molecular complexity index is 189. The number of carbonyl (C=O) groups excluding carboxylic acids is 1. The fourth-order valence-corrected chi connectivity index (χ4v) is 1.27. The Labute approximate surface area is 73.0 Å². The van der Waals surface area contributed by atoms with Crippen LogP contribution in [0.3, 0.4) is 0 Å². The zero-order valence-corrected chi connectivity index (χ0v) is 7.62. The Hall–Kier alpha value is -0.830. The molecule has 3 heteroatoms. The van der Waals surface area contributed by atoms with Crippen LogP contribution in [0.5, 0.6) is 0 Å². The Morgan fingerprint density at radius 3 is 3.00 bits per heavy atom. The molecule has 68 valence electrons. The fraction of sp³-hybridized carbons (Fsp3) is 0.667. The second kappa shape index (κ2) is 4.26. The molecule has 12 heavy (non-hydrogen) atoms. The number of hydrogen-bond acceptors (Lipinski definition) is 2. The molecule has 0 saturated carbocycles. The molecule has 1 fully saturated rings. The first kappa shape index (κ1) is 9.26. The lowest BCUT2D eigenvalue weighted by Crippen LogP contribution is -2.43. The number of allylic oxidation sites excluding steroid dienone is 1. The lowest BCUT2D eigenvalue weighted by Gasteiger charge is -2.30. The third kappa shape index (κ3) is 2.34. The van der Waals surface area contributed by atoms with Gasteiger partial charge in [-0.1, -0.05) is 6.08 Å². The van der Waals surface area contributed by atoms with Gasteiger partial charge in [-0.25, -0.2) is 0 Å². The van der Waals surface area contributed by atoms with Crippen LogP contribution in [0.2, 0.25) is 0 Å². The second-order valence-electron chi connectivity index (χ2n) is 2.97. The molecule has 0 N–H and O–H groups in total. The molecule has 1 saturated heterocycles. The number of carbonyl (C=O) groups is 1. The molecule has 1 aliphatic heterocycles. The molecule has 0 aromatic heterocycles. The smallest absolute Gasteiger partial charge is 0.246 e. The van der Waals surface area contributed by atoms with Crippen molar-refractivity contribution < 1.29 is 9.53 Å². The summed E-state index contributed by atoms with van der Waals surface area (Å²) in [7, 11) is 0. The third-order valence-electron chi connectivity index (χ3n) is 1.86. The average molecular weight is 169 g/mol. The highest BCUT2D eigenvalue weighted by Gasteiger charge is 2.18. The van der Waals surface area contributed by atoms with Crippen LogP contribution in [0.15, 0.2) is 12.2 Å². The van der Waals surface area contributed by atoms with Gasteiger partial charge in [0.2, 0.25) is 5.91 Å². The molecule has 1 amide bonds. The van der Waals surface area contributed by atoms with Crippen molar-refractivity contribution in [2.24, 2.45) is 0 Å². The number of hydrogen-bond donors (Lipinski definition) is 0. The molecule has 0 spiro atoms. The minimum atomic E-state index is 0.0904. The van der Waals surface area contributed by atoms with E-state index in [9.17, 15) is 4.79 Å². The molecule has 3 nitrogen and oxygen atoms in total. The van der Waals surface area contributed by atoms with Gasteiger partial charge in [-0.05, 0) is 19.9 Å². The van der Waals surface area contributed by atoms with Crippen LogP contribution in [0, 0.1) is 0 Å². The fourth-order valence-electron chi connectivity index (χ4n) is 1.27. The minimum Gasteiger partial charge on any atom is -0.375 e. The van der Waals surface area contributed by atoms with Crippen LogP contribution in [-0.4, -0.2) is 36.6 Å². The van der Waals surface area contributed by atoms with Crippen molar-refractivity contribution in [3.63, 3.8) is 0 Å². The van der Waals surface area contributed by atoms with Crippen molar-refractivity contribution in [1.82, 2.24) is 4.90 Å². The lowest BCUT2D eigenvalue weighted by atomic mass is 10.3. The van der Waals surface area contributed by atoms with Crippen molar-refractivity contribution in [3.05, 3.63) is 12.2 Å². The number of rotatable bonds is 1. The quantitative estimate of drug-likeness (QED) is 0.544. The first-order chi connectivity index (χ1) is 5.74. The molecule has 1 unspecified atom stereocenters. The van der Waals surface area contributed by atoms with Gasteiger partial charge in [0.1, 0.15) is 0 Å². The molecule has 1 aliphatic rings. The lowest BCUT2D eigenvalue weighted by molar-refractivity contribution is -0.132. The summed E-state index contributed by atoms with van der Waals surface area (Å²) < 4.78 is 5.32. The summed E-state index contributed by atoms with van der Waals surface area (Å²) >= 11 is 0. The van der Waals surface area contributed by atoms with Crippen molar-refractivity contribution in [1.29, 1.82) is 0 Å². The Morgan fingerprint density at radius 1 is 1.67 bits per heavy atom. The van der Waals surface area contributed by atoms with E-state index in [4.69, 9.17) is 4.74 Å². The average Bonchev–Trinajstić information content (AvgIpc) is 2.05. The first-order valence-electron chi connectivity index (χ1n) is 4.27. The molecular formula is C9H15NO2. The first-order valence-corrected chi connectivity index (χ1v) is 4.27. The summed E-state index contributed by atoms with van der Waals surface area (Å²) in [6.07, 6.45) is 3.54. The van der Waals surface area contributed by atoms with Crippen LogP contribution >= 0.6 is 0 Å². The van der Waals surface area contributed by atoms with Crippen molar-refractivity contribution >= 4 is 5.91 Å². The minimum absolute atomic E-state index is 0.0904. The maximum atomic E-state index is 11.3. The molecule has 1 rings (SSSR count). The van der Waals surface area contributed by atoms with E-state index in [1.807, 2.05) is 18.7 Å². The van der Waals surface area contributed by atoms with E-state index in [-0.39, 0.29) is 12.0 Å². The van der Waals surface area contributed by atoms with Gasteiger partial charge in [0.05, 0.1) is 12.7 Å². The van der Waals surface area contributed by atoms with Crippen LogP contribution in [-0.2, 0) is 9.53 Å². The van der Waals surface area contributed by atoms with Gasteiger partial charge >= 0.3 is 0 Å². The van der Waals surface area contributed by atoms with E-state index < -0.39 is 0 Å². The SMILES string of the molecule is C/C=C/C(=O)N1CCOC(C)C1. The van der Waals surface area contributed by atoms with Crippen molar-refractivity contribution in [2.45, 2.75) is 20.0 Å². The highest BCUT2D eigenvalue weighted by molar-refractivity contribution is 5.87. The van der Waals surface area contributed by atoms with E-state index in [2.05, 4.69) is 0 Å². The summed E-state index contributed by atoms with van der Waals surface area (Å²) in [5, 5.41) is 0. The molecular weight excluding hydrogens is 154 g/mol. The van der Waals surface area contributed by atoms with Gasteiger partial charge in [-0.2, -0.15) is 0 Å². The summed E-state index contributed by atoms with van der Waals surface area (Å²) in [5.74, 6) is 0.0904. The summed E-state index contributed by atoms with van der Waals surface area (Å²) in [5.41, 5.74) is 0. The molecule has 0 aliphatic carbocycles. The Kier molecular flexibility index (Phi) is 3.29. The summed E-state index contributed by atoms with van der Waals surface area (Å²) in [6.45, 7) is 5.91.